The lowest BCUT2D eigenvalue weighted by Gasteiger charge is -2.17. The number of hydrogen-bond acceptors (Lipinski definition) is 4. The first-order chi connectivity index (χ1) is 12.5. The zero-order valence-corrected chi connectivity index (χ0v) is 14.9. The molecule has 0 aliphatic carbocycles. The average molecular weight is 372 g/mol. The molecule has 4 rings (SSSR count). The molecule has 0 spiro atoms. The summed E-state index contributed by atoms with van der Waals surface area (Å²) in [6.45, 7) is 2.65. The molecule has 1 aliphatic rings. The zero-order valence-electron chi connectivity index (χ0n) is 14.1. The van der Waals surface area contributed by atoms with Crippen molar-refractivity contribution in [2.45, 2.75) is 25.9 Å². The van der Waals surface area contributed by atoms with Crippen molar-refractivity contribution in [2.24, 2.45) is 0 Å². The summed E-state index contributed by atoms with van der Waals surface area (Å²) < 4.78 is 14.8. The van der Waals surface area contributed by atoms with Crippen LogP contribution in [0.5, 0.6) is 0 Å². The number of carbonyl (C=O) groups is 2. The minimum Gasteiger partial charge on any atom is -0.346 e. The molecule has 6 nitrogen and oxygen atoms in total. The number of benzene rings is 1. The predicted molar refractivity (Wildman–Crippen MR) is 95.5 cm³/mol. The van der Waals surface area contributed by atoms with Crippen LogP contribution < -0.4 is 5.32 Å². The number of hydrogen-bond donors (Lipinski definition) is 1. The van der Waals surface area contributed by atoms with E-state index in [0.29, 0.717) is 24.5 Å². The van der Waals surface area contributed by atoms with Crippen molar-refractivity contribution in [3.63, 3.8) is 0 Å². The van der Waals surface area contributed by atoms with Gasteiger partial charge in [-0.05, 0) is 24.6 Å². The first kappa shape index (κ1) is 16.7. The van der Waals surface area contributed by atoms with Crippen molar-refractivity contribution < 1.29 is 14.0 Å². The summed E-state index contributed by atoms with van der Waals surface area (Å²) >= 11 is 1.47. The molecule has 3 aromatic rings. The van der Waals surface area contributed by atoms with E-state index in [1.54, 1.807) is 28.4 Å². The van der Waals surface area contributed by atoms with Gasteiger partial charge in [-0.1, -0.05) is 12.1 Å². The van der Waals surface area contributed by atoms with E-state index in [9.17, 15) is 14.0 Å². The second-order valence-electron chi connectivity index (χ2n) is 6.38. The lowest BCUT2D eigenvalue weighted by molar-refractivity contribution is -0.128. The Morgan fingerprint density at radius 1 is 1.38 bits per heavy atom. The second-order valence-corrected chi connectivity index (χ2v) is 7.25. The number of amides is 2. The van der Waals surface area contributed by atoms with E-state index in [1.807, 2.05) is 11.6 Å². The van der Waals surface area contributed by atoms with Gasteiger partial charge in [0.2, 0.25) is 5.91 Å². The summed E-state index contributed by atoms with van der Waals surface area (Å²) in [4.78, 5) is 31.7. The van der Waals surface area contributed by atoms with Gasteiger partial charge in [0, 0.05) is 31.1 Å². The van der Waals surface area contributed by atoms with E-state index in [1.165, 1.54) is 23.5 Å². The van der Waals surface area contributed by atoms with Gasteiger partial charge < -0.3 is 10.2 Å². The van der Waals surface area contributed by atoms with Gasteiger partial charge in [0.05, 0.1) is 11.7 Å². The maximum atomic E-state index is 13.0. The largest absolute Gasteiger partial charge is 0.346 e. The Kier molecular flexibility index (Phi) is 4.20. The number of fused-ring (bicyclic) bond motifs is 1. The summed E-state index contributed by atoms with van der Waals surface area (Å²) in [5, 5.41) is 4.82. The number of nitrogens with one attached hydrogen (secondary N) is 1. The molecule has 26 heavy (non-hydrogen) atoms. The molecule has 0 radical (unpaired) electrons. The normalized spacial score (nSPS) is 17.2. The smallest absolute Gasteiger partial charge is 0.270 e. The lowest BCUT2D eigenvalue weighted by Crippen LogP contribution is -2.37. The molecule has 1 atom stereocenters. The van der Waals surface area contributed by atoms with Gasteiger partial charge in [-0.2, -0.15) is 0 Å². The highest BCUT2D eigenvalue weighted by Crippen LogP contribution is 2.19. The van der Waals surface area contributed by atoms with Crippen LogP contribution in [0.25, 0.3) is 4.96 Å². The topological polar surface area (TPSA) is 66.7 Å². The van der Waals surface area contributed by atoms with Crippen molar-refractivity contribution in [1.82, 2.24) is 19.6 Å². The van der Waals surface area contributed by atoms with Gasteiger partial charge in [-0.15, -0.1) is 11.3 Å². The molecule has 1 N–H and O–H groups in total. The van der Waals surface area contributed by atoms with Gasteiger partial charge in [0.15, 0.2) is 4.96 Å². The van der Waals surface area contributed by atoms with Gasteiger partial charge in [0.1, 0.15) is 11.5 Å². The van der Waals surface area contributed by atoms with Gasteiger partial charge >= 0.3 is 0 Å². The summed E-state index contributed by atoms with van der Waals surface area (Å²) in [6, 6.07) is 5.83. The number of imidazole rings is 1. The average Bonchev–Trinajstić information content (AvgIpc) is 3.24. The molecule has 1 fully saturated rings. The molecule has 0 bridgehead atoms. The van der Waals surface area contributed by atoms with Crippen molar-refractivity contribution in [3.05, 3.63) is 58.6 Å². The van der Waals surface area contributed by atoms with Crippen LogP contribution in [-0.2, 0) is 11.3 Å². The molecule has 2 aromatic heterocycles. The van der Waals surface area contributed by atoms with Crippen LogP contribution >= 0.6 is 11.3 Å². The van der Waals surface area contributed by atoms with Crippen LogP contribution in [0.15, 0.2) is 35.8 Å². The van der Waals surface area contributed by atoms with Gasteiger partial charge in [-0.3, -0.25) is 14.0 Å². The minimum absolute atomic E-state index is 0.0229. The molecule has 2 amide bonds. The van der Waals surface area contributed by atoms with E-state index in [2.05, 4.69) is 10.3 Å². The maximum absolute atomic E-state index is 13.0. The van der Waals surface area contributed by atoms with E-state index in [4.69, 9.17) is 0 Å². The highest BCUT2D eigenvalue weighted by atomic mass is 32.1. The third kappa shape index (κ3) is 3.08. The van der Waals surface area contributed by atoms with Crippen LogP contribution in [0.2, 0.25) is 0 Å². The Bertz CT molecular complexity index is 979. The Balaban J connectivity index is 1.44. The number of carbonyl (C=O) groups excluding carboxylic acids is 2. The third-order valence-corrected chi connectivity index (χ3v) is 5.24. The SMILES string of the molecule is Cc1nc2sccn2c1C(=O)NC1CC(=O)N(Cc2ccc(F)cc2)C1. The molecule has 0 saturated carbocycles. The number of aromatic nitrogens is 2. The summed E-state index contributed by atoms with van der Waals surface area (Å²) in [6.07, 6.45) is 2.08. The predicted octanol–water partition coefficient (Wildman–Crippen LogP) is 2.37. The van der Waals surface area contributed by atoms with E-state index < -0.39 is 0 Å². The van der Waals surface area contributed by atoms with Crippen LogP contribution in [0.4, 0.5) is 4.39 Å². The van der Waals surface area contributed by atoms with Crippen molar-refractivity contribution in [1.29, 1.82) is 0 Å². The first-order valence-electron chi connectivity index (χ1n) is 8.26. The standard InChI is InChI=1S/C18H17FN4O2S/c1-11-16(23-6-7-26-18(23)20-11)17(25)21-14-8-15(24)22(10-14)9-12-2-4-13(19)5-3-12/h2-7,14H,8-10H2,1H3,(H,21,25). The number of likely N-dealkylation sites (tertiary alicyclic amines) is 1. The molecule has 134 valence electrons. The van der Waals surface area contributed by atoms with Crippen molar-refractivity contribution in [2.75, 3.05) is 6.54 Å². The van der Waals surface area contributed by atoms with Gasteiger partial charge in [0.25, 0.3) is 5.91 Å². The minimum atomic E-state index is -0.303. The quantitative estimate of drug-likeness (QED) is 0.765. The molecule has 1 unspecified atom stereocenters. The summed E-state index contributed by atoms with van der Waals surface area (Å²) in [5.74, 6) is -0.553. The Morgan fingerprint density at radius 3 is 2.92 bits per heavy atom. The van der Waals surface area contributed by atoms with Crippen LogP contribution in [0.3, 0.4) is 0 Å². The fourth-order valence-electron chi connectivity index (χ4n) is 3.25. The molecular weight excluding hydrogens is 355 g/mol. The molecule has 8 heteroatoms. The van der Waals surface area contributed by atoms with Crippen LogP contribution in [0, 0.1) is 12.7 Å². The Morgan fingerprint density at radius 2 is 2.15 bits per heavy atom. The number of aryl methyl sites for hydroxylation is 1. The fourth-order valence-corrected chi connectivity index (χ4v) is 4.01. The van der Waals surface area contributed by atoms with Crippen molar-refractivity contribution in [3.8, 4) is 0 Å². The number of thiazole rings is 1. The summed E-state index contributed by atoms with van der Waals surface area (Å²) in [5.41, 5.74) is 2.03. The Labute approximate surface area is 153 Å². The number of nitrogens with zero attached hydrogens (tertiary/aromatic N) is 3. The number of halogens is 1. The first-order valence-corrected chi connectivity index (χ1v) is 9.14. The molecular formula is C18H17FN4O2S. The van der Waals surface area contributed by atoms with Crippen LogP contribution in [-0.4, -0.2) is 38.7 Å². The molecule has 1 aliphatic heterocycles. The maximum Gasteiger partial charge on any atom is 0.270 e. The highest BCUT2D eigenvalue weighted by Gasteiger charge is 2.31. The van der Waals surface area contributed by atoms with E-state index in [0.717, 1.165) is 10.5 Å². The van der Waals surface area contributed by atoms with Gasteiger partial charge in [-0.25, -0.2) is 9.37 Å². The molecule has 3 heterocycles. The highest BCUT2D eigenvalue weighted by molar-refractivity contribution is 7.15. The van der Waals surface area contributed by atoms with E-state index in [-0.39, 0.29) is 30.1 Å². The fraction of sp³-hybridized carbons (Fsp3) is 0.278. The zero-order chi connectivity index (χ0) is 18.3. The monoisotopic (exact) mass is 372 g/mol. The summed E-state index contributed by atoms with van der Waals surface area (Å²) in [7, 11) is 0. The van der Waals surface area contributed by atoms with E-state index >= 15 is 0 Å². The second kappa shape index (κ2) is 6.53. The third-order valence-electron chi connectivity index (χ3n) is 4.49. The molecule has 1 aromatic carbocycles. The molecule has 1 saturated heterocycles. The Hall–Kier alpha value is -2.74. The van der Waals surface area contributed by atoms with Crippen molar-refractivity contribution >= 4 is 28.1 Å². The lowest BCUT2D eigenvalue weighted by atomic mass is 10.2. The number of rotatable bonds is 4. The van der Waals surface area contributed by atoms with Crippen LogP contribution in [0.1, 0.15) is 28.2 Å².